The largest absolute Gasteiger partial charge is 0.472 e. The maximum absolute atomic E-state index is 13.3. The summed E-state index contributed by atoms with van der Waals surface area (Å²) >= 11 is 0. The normalized spacial score (nSPS) is 16.4. The molecular formula is C16H14FN3O5. The number of ether oxygens (including phenoxy) is 2. The molecule has 1 aliphatic heterocycles. The lowest BCUT2D eigenvalue weighted by atomic mass is 10.2. The number of hydrogen-bond acceptors (Lipinski definition) is 6. The Morgan fingerprint density at radius 1 is 1.40 bits per heavy atom. The van der Waals surface area contributed by atoms with E-state index in [1.807, 2.05) is 0 Å². The minimum Gasteiger partial charge on any atom is -0.472 e. The van der Waals surface area contributed by atoms with Crippen LogP contribution in [0.3, 0.4) is 0 Å². The second-order valence-corrected chi connectivity index (χ2v) is 5.36. The summed E-state index contributed by atoms with van der Waals surface area (Å²) in [6.45, 7) is 1.09. The monoisotopic (exact) mass is 347 g/mol. The molecule has 1 aromatic heterocycles. The Morgan fingerprint density at radius 3 is 2.96 bits per heavy atom. The van der Waals surface area contributed by atoms with Crippen LogP contribution in [0.5, 0.6) is 5.88 Å². The van der Waals surface area contributed by atoms with Crippen molar-refractivity contribution in [3.8, 4) is 5.88 Å². The molecule has 8 nitrogen and oxygen atoms in total. The van der Waals surface area contributed by atoms with Crippen LogP contribution in [0.4, 0.5) is 15.8 Å². The third-order valence-corrected chi connectivity index (χ3v) is 3.57. The zero-order valence-corrected chi connectivity index (χ0v) is 13.0. The van der Waals surface area contributed by atoms with E-state index in [-0.39, 0.29) is 23.2 Å². The Kier molecular flexibility index (Phi) is 4.85. The molecule has 1 amide bonds. The number of carbonyl (C=O) groups is 1. The van der Waals surface area contributed by atoms with E-state index in [0.29, 0.717) is 13.2 Å². The van der Waals surface area contributed by atoms with Crippen LogP contribution in [-0.4, -0.2) is 35.1 Å². The number of nitrogens with one attached hydrogen (secondary N) is 1. The van der Waals surface area contributed by atoms with Gasteiger partial charge in [-0.15, -0.1) is 0 Å². The highest BCUT2D eigenvalue weighted by Crippen LogP contribution is 2.22. The number of carbonyl (C=O) groups excluding carboxylic acids is 1. The highest BCUT2D eigenvalue weighted by Gasteiger charge is 2.19. The molecule has 1 aliphatic rings. The lowest BCUT2D eigenvalue weighted by Crippen LogP contribution is -2.17. The van der Waals surface area contributed by atoms with Crippen LogP contribution >= 0.6 is 0 Å². The second-order valence-electron chi connectivity index (χ2n) is 5.36. The molecule has 0 saturated carbocycles. The standard InChI is InChI=1S/C16H14FN3O5/c17-13-2-1-11(8-14(13)20(22)23)19-16(21)10-3-5-18-15(7-10)25-12-4-6-24-9-12/h1-3,5,7-8,12H,4,6,9H2,(H,19,21). The number of aromatic nitrogens is 1. The van der Waals surface area contributed by atoms with Gasteiger partial charge in [0.2, 0.25) is 11.7 Å². The van der Waals surface area contributed by atoms with Crippen molar-refractivity contribution in [2.45, 2.75) is 12.5 Å². The number of nitrogens with zero attached hydrogens (tertiary/aromatic N) is 2. The van der Waals surface area contributed by atoms with Crippen LogP contribution in [0.25, 0.3) is 0 Å². The van der Waals surface area contributed by atoms with E-state index < -0.39 is 22.3 Å². The predicted molar refractivity (Wildman–Crippen MR) is 85.1 cm³/mol. The molecule has 2 aromatic rings. The molecule has 3 rings (SSSR count). The molecule has 0 aliphatic carbocycles. The number of rotatable bonds is 5. The molecule has 1 fully saturated rings. The molecule has 1 unspecified atom stereocenters. The molecule has 1 saturated heterocycles. The van der Waals surface area contributed by atoms with E-state index in [2.05, 4.69) is 10.3 Å². The summed E-state index contributed by atoms with van der Waals surface area (Å²) in [7, 11) is 0. The van der Waals surface area contributed by atoms with E-state index in [1.54, 1.807) is 0 Å². The Labute approximate surface area is 141 Å². The van der Waals surface area contributed by atoms with Gasteiger partial charge in [0.15, 0.2) is 0 Å². The van der Waals surface area contributed by atoms with Crippen molar-refractivity contribution in [1.29, 1.82) is 0 Å². The molecule has 25 heavy (non-hydrogen) atoms. The molecule has 0 spiro atoms. The first-order chi connectivity index (χ1) is 12.0. The summed E-state index contributed by atoms with van der Waals surface area (Å²) in [5, 5.41) is 13.2. The van der Waals surface area contributed by atoms with Crippen molar-refractivity contribution >= 4 is 17.3 Å². The van der Waals surface area contributed by atoms with E-state index >= 15 is 0 Å². The average molecular weight is 347 g/mol. The third-order valence-electron chi connectivity index (χ3n) is 3.57. The van der Waals surface area contributed by atoms with Gasteiger partial charge in [0.25, 0.3) is 5.91 Å². The van der Waals surface area contributed by atoms with Gasteiger partial charge in [0, 0.05) is 36.0 Å². The minimum atomic E-state index is -0.971. The van der Waals surface area contributed by atoms with Gasteiger partial charge in [-0.3, -0.25) is 14.9 Å². The summed E-state index contributed by atoms with van der Waals surface area (Å²) in [4.78, 5) is 26.2. The maximum atomic E-state index is 13.3. The maximum Gasteiger partial charge on any atom is 0.306 e. The first kappa shape index (κ1) is 16.8. The van der Waals surface area contributed by atoms with Crippen molar-refractivity contribution in [2.75, 3.05) is 18.5 Å². The number of pyridine rings is 1. The summed E-state index contributed by atoms with van der Waals surface area (Å²) in [6, 6.07) is 6.07. The van der Waals surface area contributed by atoms with Crippen molar-refractivity contribution in [2.24, 2.45) is 0 Å². The third kappa shape index (κ3) is 4.07. The van der Waals surface area contributed by atoms with Crippen molar-refractivity contribution in [1.82, 2.24) is 4.98 Å². The van der Waals surface area contributed by atoms with E-state index in [1.165, 1.54) is 24.4 Å². The number of amides is 1. The van der Waals surface area contributed by atoms with Crippen LogP contribution in [0.2, 0.25) is 0 Å². The Balaban J connectivity index is 1.72. The lowest BCUT2D eigenvalue weighted by Gasteiger charge is -2.11. The van der Waals surface area contributed by atoms with Gasteiger partial charge in [-0.05, 0) is 18.2 Å². The number of anilines is 1. The predicted octanol–water partition coefficient (Wildman–Crippen LogP) is 2.55. The van der Waals surface area contributed by atoms with Gasteiger partial charge in [-0.25, -0.2) is 4.98 Å². The topological polar surface area (TPSA) is 104 Å². The zero-order chi connectivity index (χ0) is 17.8. The van der Waals surface area contributed by atoms with E-state index in [4.69, 9.17) is 9.47 Å². The fourth-order valence-electron chi connectivity index (χ4n) is 2.33. The van der Waals surface area contributed by atoms with Crippen LogP contribution in [0, 0.1) is 15.9 Å². The Morgan fingerprint density at radius 2 is 2.24 bits per heavy atom. The highest BCUT2D eigenvalue weighted by atomic mass is 19.1. The summed E-state index contributed by atoms with van der Waals surface area (Å²) in [6.07, 6.45) is 2.07. The zero-order valence-electron chi connectivity index (χ0n) is 13.0. The van der Waals surface area contributed by atoms with Crippen LogP contribution in [0.1, 0.15) is 16.8 Å². The summed E-state index contributed by atoms with van der Waals surface area (Å²) in [5.41, 5.74) is -0.338. The quantitative estimate of drug-likeness (QED) is 0.658. The van der Waals surface area contributed by atoms with Crippen molar-refractivity contribution in [3.63, 3.8) is 0 Å². The molecule has 1 N–H and O–H groups in total. The lowest BCUT2D eigenvalue weighted by molar-refractivity contribution is -0.387. The fraction of sp³-hybridized carbons (Fsp3) is 0.250. The minimum absolute atomic E-state index is 0.106. The Hall–Kier alpha value is -3.07. The molecule has 0 bridgehead atoms. The van der Waals surface area contributed by atoms with Gasteiger partial charge in [0.05, 0.1) is 18.1 Å². The first-order valence-corrected chi connectivity index (χ1v) is 7.48. The molecule has 130 valence electrons. The van der Waals surface area contributed by atoms with Gasteiger partial charge >= 0.3 is 5.69 Å². The summed E-state index contributed by atoms with van der Waals surface area (Å²) < 4.78 is 24.2. The highest BCUT2D eigenvalue weighted by molar-refractivity contribution is 6.04. The summed E-state index contributed by atoms with van der Waals surface area (Å²) in [5.74, 6) is -1.20. The van der Waals surface area contributed by atoms with Crippen molar-refractivity contribution in [3.05, 3.63) is 58.0 Å². The van der Waals surface area contributed by atoms with Gasteiger partial charge in [-0.1, -0.05) is 0 Å². The number of nitro groups is 1. The van der Waals surface area contributed by atoms with Gasteiger partial charge in [-0.2, -0.15) is 4.39 Å². The molecular weight excluding hydrogens is 333 g/mol. The molecule has 1 aromatic carbocycles. The van der Waals surface area contributed by atoms with Crippen LogP contribution < -0.4 is 10.1 Å². The number of hydrogen-bond donors (Lipinski definition) is 1. The molecule has 0 radical (unpaired) electrons. The smallest absolute Gasteiger partial charge is 0.306 e. The first-order valence-electron chi connectivity index (χ1n) is 7.48. The fourth-order valence-corrected chi connectivity index (χ4v) is 2.33. The molecule has 1 atom stereocenters. The Bertz CT molecular complexity index is 808. The van der Waals surface area contributed by atoms with E-state index in [0.717, 1.165) is 18.6 Å². The van der Waals surface area contributed by atoms with Crippen LogP contribution in [-0.2, 0) is 4.74 Å². The SMILES string of the molecule is O=C(Nc1ccc(F)c([N+](=O)[O-])c1)c1ccnc(OC2CCOC2)c1. The number of halogens is 1. The van der Waals surface area contributed by atoms with Crippen LogP contribution in [0.15, 0.2) is 36.5 Å². The molecule has 2 heterocycles. The van der Waals surface area contributed by atoms with Gasteiger partial charge < -0.3 is 14.8 Å². The average Bonchev–Trinajstić information content (AvgIpc) is 3.09. The number of benzene rings is 1. The van der Waals surface area contributed by atoms with E-state index in [9.17, 15) is 19.3 Å². The van der Waals surface area contributed by atoms with Gasteiger partial charge in [0.1, 0.15) is 6.10 Å². The molecule has 9 heteroatoms. The van der Waals surface area contributed by atoms with Crippen molar-refractivity contribution < 1.29 is 23.6 Å². The second kappa shape index (κ2) is 7.22. The number of nitro benzene ring substituents is 1.